The molecule has 0 heterocycles. The monoisotopic (exact) mass is 221 g/mol. The molecule has 1 aromatic carbocycles. The highest BCUT2D eigenvalue weighted by atomic mass is 35.5. The summed E-state index contributed by atoms with van der Waals surface area (Å²) in [5.41, 5.74) is 0.937. The minimum atomic E-state index is -0.0465. The van der Waals surface area contributed by atoms with Crippen LogP contribution in [0.1, 0.15) is 10.9 Å². The molecule has 0 aliphatic carbocycles. The van der Waals surface area contributed by atoms with Gasteiger partial charge in [-0.1, -0.05) is 29.3 Å². The standard InChI is InChI=1S/C8H9Cl2NS/c1-11-8(12)6-3-2-5(9)4-7(6)10/h2-4,8,11-12H,1H3. The molecule has 0 bridgehead atoms. The summed E-state index contributed by atoms with van der Waals surface area (Å²) in [5.74, 6) is 0. The van der Waals surface area contributed by atoms with Crippen molar-refractivity contribution < 1.29 is 0 Å². The molecule has 1 nitrogen and oxygen atoms in total. The third-order valence-corrected chi connectivity index (χ3v) is 2.63. The Morgan fingerprint density at radius 1 is 1.42 bits per heavy atom. The van der Waals surface area contributed by atoms with Gasteiger partial charge >= 0.3 is 0 Å². The zero-order chi connectivity index (χ0) is 9.14. The van der Waals surface area contributed by atoms with Gasteiger partial charge in [0.15, 0.2) is 0 Å². The maximum absolute atomic E-state index is 5.93. The van der Waals surface area contributed by atoms with Gasteiger partial charge in [0.25, 0.3) is 0 Å². The molecule has 0 radical (unpaired) electrons. The summed E-state index contributed by atoms with van der Waals surface area (Å²) in [6.45, 7) is 0. The Hall–Kier alpha value is 0.110. The summed E-state index contributed by atoms with van der Waals surface area (Å²) in [5, 5.41) is 4.21. The molecule has 1 N–H and O–H groups in total. The number of thiol groups is 1. The third-order valence-electron chi connectivity index (χ3n) is 1.53. The van der Waals surface area contributed by atoms with Crippen molar-refractivity contribution in [1.29, 1.82) is 0 Å². The highest BCUT2D eigenvalue weighted by molar-refractivity contribution is 7.80. The maximum atomic E-state index is 5.93. The molecule has 1 rings (SSSR count). The fraction of sp³-hybridized carbons (Fsp3) is 0.250. The topological polar surface area (TPSA) is 12.0 Å². The molecule has 0 aliphatic rings. The van der Waals surface area contributed by atoms with Gasteiger partial charge in [-0.15, -0.1) is 0 Å². The minimum absolute atomic E-state index is 0.0465. The molecule has 12 heavy (non-hydrogen) atoms. The second-order valence-electron chi connectivity index (χ2n) is 2.36. The van der Waals surface area contributed by atoms with Gasteiger partial charge in [0.05, 0.1) is 5.37 Å². The van der Waals surface area contributed by atoms with E-state index in [1.54, 1.807) is 12.1 Å². The average molecular weight is 222 g/mol. The van der Waals surface area contributed by atoms with E-state index < -0.39 is 0 Å². The Bertz CT molecular complexity index is 278. The lowest BCUT2D eigenvalue weighted by molar-refractivity contribution is 0.801. The highest BCUT2D eigenvalue weighted by Gasteiger charge is 2.07. The van der Waals surface area contributed by atoms with Crippen LogP contribution in [-0.4, -0.2) is 7.05 Å². The van der Waals surface area contributed by atoms with Crippen molar-refractivity contribution in [1.82, 2.24) is 5.32 Å². The zero-order valence-electron chi connectivity index (χ0n) is 6.51. The van der Waals surface area contributed by atoms with E-state index in [1.807, 2.05) is 13.1 Å². The molecule has 0 fully saturated rings. The fourth-order valence-electron chi connectivity index (χ4n) is 0.879. The first-order valence-electron chi connectivity index (χ1n) is 3.45. The Balaban J connectivity index is 3.01. The Morgan fingerprint density at radius 3 is 2.58 bits per heavy atom. The Morgan fingerprint density at radius 2 is 2.08 bits per heavy atom. The third kappa shape index (κ3) is 2.30. The number of hydrogen-bond donors (Lipinski definition) is 2. The number of hydrogen-bond acceptors (Lipinski definition) is 2. The van der Waals surface area contributed by atoms with Crippen LogP contribution in [0.2, 0.25) is 10.0 Å². The number of nitrogens with one attached hydrogen (secondary N) is 1. The lowest BCUT2D eigenvalue weighted by Gasteiger charge is -2.11. The predicted molar refractivity (Wildman–Crippen MR) is 57.2 cm³/mol. The first-order valence-corrected chi connectivity index (χ1v) is 4.72. The molecule has 1 aromatic rings. The number of benzene rings is 1. The van der Waals surface area contributed by atoms with E-state index in [4.69, 9.17) is 23.2 Å². The number of halogens is 2. The maximum Gasteiger partial charge on any atom is 0.0771 e. The van der Waals surface area contributed by atoms with Gasteiger partial charge in [0, 0.05) is 10.0 Å². The van der Waals surface area contributed by atoms with Crippen molar-refractivity contribution in [3.63, 3.8) is 0 Å². The van der Waals surface area contributed by atoms with Crippen LogP contribution in [-0.2, 0) is 0 Å². The summed E-state index contributed by atoms with van der Waals surface area (Å²) < 4.78 is 0. The van der Waals surface area contributed by atoms with Gasteiger partial charge in [0.2, 0.25) is 0 Å². The van der Waals surface area contributed by atoms with Gasteiger partial charge in [-0.25, -0.2) is 0 Å². The first kappa shape index (κ1) is 10.2. The molecule has 0 spiro atoms. The molecule has 0 aliphatic heterocycles. The van der Waals surface area contributed by atoms with Crippen LogP contribution in [0.4, 0.5) is 0 Å². The average Bonchev–Trinajstić information content (AvgIpc) is 2.03. The minimum Gasteiger partial charge on any atom is -0.305 e. The first-order chi connectivity index (χ1) is 5.65. The lowest BCUT2D eigenvalue weighted by Crippen LogP contribution is -2.10. The smallest absolute Gasteiger partial charge is 0.0771 e. The fourth-order valence-corrected chi connectivity index (χ4v) is 1.70. The van der Waals surface area contributed by atoms with Crippen LogP contribution in [0.5, 0.6) is 0 Å². The van der Waals surface area contributed by atoms with Crippen molar-refractivity contribution in [3.05, 3.63) is 33.8 Å². The van der Waals surface area contributed by atoms with E-state index in [9.17, 15) is 0 Å². The summed E-state index contributed by atoms with van der Waals surface area (Å²) in [4.78, 5) is 0. The lowest BCUT2D eigenvalue weighted by atomic mass is 10.2. The molecule has 1 atom stereocenters. The second-order valence-corrected chi connectivity index (χ2v) is 3.72. The van der Waals surface area contributed by atoms with Gasteiger partial charge in [-0.05, 0) is 24.7 Å². The van der Waals surface area contributed by atoms with Crippen LogP contribution in [0, 0.1) is 0 Å². The van der Waals surface area contributed by atoms with E-state index in [-0.39, 0.29) is 5.37 Å². The quantitative estimate of drug-likeness (QED) is 0.578. The molecular formula is C8H9Cl2NS. The molecule has 0 amide bonds. The van der Waals surface area contributed by atoms with E-state index in [0.29, 0.717) is 10.0 Å². The molecule has 0 aromatic heterocycles. The van der Waals surface area contributed by atoms with Crippen molar-refractivity contribution >= 4 is 35.8 Å². The Kier molecular flexibility index (Phi) is 3.72. The SMILES string of the molecule is CNC(S)c1ccc(Cl)cc1Cl. The molecule has 0 saturated heterocycles. The normalized spacial score (nSPS) is 13.0. The highest BCUT2D eigenvalue weighted by Crippen LogP contribution is 2.27. The molecular weight excluding hydrogens is 213 g/mol. The second kappa shape index (κ2) is 4.38. The van der Waals surface area contributed by atoms with E-state index in [0.717, 1.165) is 5.56 Å². The molecule has 4 heteroatoms. The van der Waals surface area contributed by atoms with Crippen molar-refractivity contribution in [3.8, 4) is 0 Å². The van der Waals surface area contributed by atoms with Crippen LogP contribution < -0.4 is 5.32 Å². The summed E-state index contributed by atoms with van der Waals surface area (Å²) in [6, 6.07) is 5.36. The van der Waals surface area contributed by atoms with Crippen LogP contribution in [0.15, 0.2) is 18.2 Å². The van der Waals surface area contributed by atoms with Gasteiger partial charge in [-0.2, -0.15) is 12.6 Å². The van der Waals surface area contributed by atoms with Crippen molar-refractivity contribution in [2.75, 3.05) is 7.05 Å². The van der Waals surface area contributed by atoms with Crippen molar-refractivity contribution in [2.45, 2.75) is 5.37 Å². The predicted octanol–water partition coefficient (Wildman–Crippen LogP) is 3.14. The van der Waals surface area contributed by atoms with Crippen molar-refractivity contribution in [2.24, 2.45) is 0 Å². The van der Waals surface area contributed by atoms with Gasteiger partial charge < -0.3 is 5.32 Å². The summed E-state index contributed by atoms with van der Waals surface area (Å²) in [6.07, 6.45) is 0. The summed E-state index contributed by atoms with van der Waals surface area (Å²) in [7, 11) is 1.82. The largest absolute Gasteiger partial charge is 0.305 e. The Labute approximate surface area is 87.5 Å². The zero-order valence-corrected chi connectivity index (χ0v) is 8.92. The molecule has 66 valence electrons. The van der Waals surface area contributed by atoms with Crippen LogP contribution in [0.3, 0.4) is 0 Å². The van der Waals surface area contributed by atoms with E-state index in [1.165, 1.54) is 0 Å². The van der Waals surface area contributed by atoms with E-state index in [2.05, 4.69) is 17.9 Å². The molecule has 1 unspecified atom stereocenters. The van der Waals surface area contributed by atoms with E-state index >= 15 is 0 Å². The summed E-state index contributed by atoms with van der Waals surface area (Å²) >= 11 is 15.9. The number of rotatable bonds is 2. The van der Waals surface area contributed by atoms with Crippen LogP contribution >= 0.6 is 35.8 Å². The van der Waals surface area contributed by atoms with Gasteiger partial charge in [-0.3, -0.25) is 0 Å². The van der Waals surface area contributed by atoms with Crippen LogP contribution in [0.25, 0.3) is 0 Å². The molecule has 0 saturated carbocycles. The van der Waals surface area contributed by atoms with Gasteiger partial charge in [0.1, 0.15) is 0 Å².